The van der Waals surface area contributed by atoms with Crippen LogP contribution in [0.5, 0.6) is 0 Å². The number of hydrogen-bond acceptors (Lipinski definition) is 3. The molecule has 1 N–H and O–H groups in total. The maximum Gasteiger partial charge on any atom is 0.104 e. The van der Waals surface area contributed by atoms with Crippen LogP contribution < -0.4 is 9.80 Å². The molecule has 2 rings (SSSR count). The number of hydrogen-bond donors (Lipinski definition) is 1. The molecule has 20 heavy (non-hydrogen) atoms. The Morgan fingerprint density at radius 3 is 1.90 bits per heavy atom. The van der Waals surface area contributed by atoms with Gasteiger partial charge in [0.15, 0.2) is 0 Å². The Bertz CT molecular complexity index is 561. The van der Waals surface area contributed by atoms with E-state index in [0.717, 1.165) is 22.5 Å². The Hall–Kier alpha value is -2.00. The Balaban J connectivity index is 2.26. The lowest BCUT2D eigenvalue weighted by Gasteiger charge is -2.18. The van der Waals surface area contributed by atoms with Gasteiger partial charge in [0.05, 0.1) is 0 Å². The van der Waals surface area contributed by atoms with Gasteiger partial charge in [-0.05, 0) is 35.4 Å². The van der Waals surface area contributed by atoms with Crippen LogP contribution in [0.3, 0.4) is 0 Å². The van der Waals surface area contributed by atoms with Gasteiger partial charge in [0.25, 0.3) is 0 Å². The lowest BCUT2D eigenvalue weighted by molar-refractivity contribution is 0.220. The van der Waals surface area contributed by atoms with Gasteiger partial charge in [0.1, 0.15) is 6.10 Å². The van der Waals surface area contributed by atoms with Crippen molar-refractivity contribution in [1.82, 2.24) is 0 Å². The highest BCUT2D eigenvalue weighted by Gasteiger charge is 2.11. The van der Waals surface area contributed by atoms with Gasteiger partial charge in [-0.3, -0.25) is 0 Å². The van der Waals surface area contributed by atoms with Crippen molar-refractivity contribution in [2.45, 2.75) is 6.10 Å². The van der Waals surface area contributed by atoms with E-state index in [9.17, 15) is 5.11 Å². The first-order valence-corrected chi connectivity index (χ1v) is 6.71. The lowest BCUT2D eigenvalue weighted by Crippen LogP contribution is -2.10. The minimum atomic E-state index is -0.592. The van der Waals surface area contributed by atoms with E-state index in [1.807, 2.05) is 86.5 Å². The summed E-state index contributed by atoms with van der Waals surface area (Å²) in [7, 11) is 8.01. The van der Waals surface area contributed by atoms with Crippen molar-refractivity contribution in [3.8, 4) is 0 Å². The van der Waals surface area contributed by atoms with E-state index in [-0.39, 0.29) is 0 Å². The van der Waals surface area contributed by atoms with Gasteiger partial charge >= 0.3 is 0 Å². The van der Waals surface area contributed by atoms with Gasteiger partial charge in [-0.15, -0.1) is 0 Å². The SMILES string of the molecule is CN(C)c1ccc(C(O)c2cccc(N(C)C)c2)cc1. The van der Waals surface area contributed by atoms with Crippen molar-refractivity contribution in [2.24, 2.45) is 0 Å². The van der Waals surface area contributed by atoms with E-state index in [2.05, 4.69) is 0 Å². The zero-order valence-corrected chi connectivity index (χ0v) is 12.5. The molecule has 0 heterocycles. The first kappa shape index (κ1) is 14.4. The lowest BCUT2D eigenvalue weighted by atomic mass is 10.0. The van der Waals surface area contributed by atoms with Crippen LogP contribution in [0, 0.1) is 0 Å². The molecule has 3 heteroatoms. The Labute approximate surface area is 121 Å². The maximum absolute atomic E-state index is 10.5. The normalized spacial score (nSPS) is 12.1. The standard InChI is InChI=1S/C17H22N2O/c1-18(2)15-10-8-13(9-11-15)17(20)14-6-5-7-16(12-14)19(3)4/h5-12,17,20H,1-4H3. The molecule has 1 unspecified atom stereocenters. The average Bonchev–Trinajstić information content (AvgIpc) is 2.46. The Morgan fingerprint density at radius 1 is 0.750 bits per heavy atom. The minimum absolute atomic E-state index is 0.592. The minimum Gasteiger partial charge on any atom is -0.384 e. The van der Waals surface area contributed by atoms with Crippen molar-refractivity contribution >= 4 is 11.4 Å². The number of nitrogens with zero attached hydrogens (tertiary/aromatic N) is 2. The monoisotopic (exact) mass is 270 g/mol. The van der Waals surface area contributed by atoms with Crippen LogP contribution in [-0.2, 0) is 0 Å². The molecule has 0 fully saturated rings. The summed E-state index contributed by atoms with van der Waals surface area (Å²) < 4.78 is 0. The van der Waals surface area contributed by atoms with Crippen LogP contribution in [0.25, 0.3) is 0 Å². The molecule has 2 aromatic rings. The fourth-order valence-electron chi connectivity index (χ4n) is 2.12. The highest BCUT2D eigenvalue weighted by Crippen LogP contribution is 2.26. The maximum atomic E-state index is 10.5. The van der Waals surface area contributed by atoms with Crippen LogP contribution in [0.1, 0.15) is 17.2 Å². The summed E-state index contributed by atoms with van der Waals surface area (Å²) in [4.78, 5) is 4.08. The first-order chi connectivity index (χ1) is 9.49. The van der Waals surface area contributed by atoms with Gasteiger partial charge in [0, 0.05) is 39.6 Å². The largest absolute Gasteiger partial charge is 0.384 e. The number of rotatable bonds is 4. The predicted octanol–water partition coefficient (Wildman–Crippen LogP) is 2.90. The average molecular weight is 270 g/mol. The molecule has 2 aromatic carbocycles. The fraction of sp³-hybridized carbons (Fsp3) is 0.294. The fourth-order valence-corrected chi connectivity index (χ4v) is 2.12. The molecule has 0 aliphatic rings. The molecule has 1 atom stereocenters. The van der Waals surface area contributed by atoms with Gasteiger partial charge in [-0.2, -0.15) is 0 Å². The van der Waals surface area contributed by atoms with Crippen LogP contribution in [0.4, 0.5) is 11.4 Å². The zero-order valence-electron chi connectivity index (χ0n) is 12.5. The molecule has 0 spiro atoms. The van der Waals surface area contributed by atoms with Gasteiger partial charge in [0.2, 0.25) is 0 Å². The molecule has 0 saturated heterocycles. The third kappa shape index (κ3) is 3.11. The number of aliphatic hydroxyl groups excluding tert-OH is 1. The second-order valence-electron chi connectivity index (χ2n) is 5.38. The van der Waals surface area contributed by atoms with Gasteiger partial charge < -0.3 is 14.9 Å². The van der Waals surface area contributed by atoms with Gasteiger partial charge in [-0.1, -0.05) is 24.3 Å². The highest BCUT2D eigenvalue weighted by molar-refractivity contribution is 5.50. The second-order valence-corrected chi connectivity index (χ2v) is 5.38. The summed E-state index contributed by atoms with van der Waals surface area (Å²) in [6.07, 6.45) is -0.592. The molecule has 0 saturated carbocycles. The second kappa shape index (κ2) is 5.97. The molecule has 0 aliphatic carbocycles. The molecule has 0 aromatic heterocycles. The van der Waals surface area contributed by atoms with E-state index in [1.54, 1.807) is 0 Å². The predicted molar refractivity (Wildman–Crippen MR) is 85.6 cm³/mol. The van der Waals surface area contributed by atoms with Crippen LogP contribution in [0.2, 0.25) is 0 Å². The van der Waals surface area contributed by atoms with E-state index in [1.165, 1.54) is 0 Å². The molecule has 0 aliphatic heterocycles. The van der Waals surface area contributed by atoms with Crippen LogP contribution in [-0.4, -0.2) is 33.3 Å². The number of benzene rings is 2. The van der Waals surface area contributed by atoms with Gasteiger partial charge in [-0.25, -0.2) is 0 Å². The molecule has 0 amide bonds. The molecule has 3 nitrogen and oxygen atoms in total. The smallest absolute Gasteiger partial charge is 0.104 e. The number of anilines is 2. The van der Waals surface area contributed by atoms with E-state index < -0.39 is 6.10 Å². The van der Waals surface area contributed by atoms with Crippen LogP contribution in [0.15, 0.2) is 48.5 Å². The quantitative estimate of drug-likeness (QED) is 0.925. The Morgan fingerprint density at radius 2 is 1.35 bits per heavy atom. The number of aliphatic hydroxyl groups is 1. The third-order valence-corrected chi connectivity index (χ3v) is 3.43. The van der Waals surface area contributed by atoms with E-state index >= 15 is 0 Å². The zero-order chi connectivity index (χ0) is 14.7. The Kier molecular flexibility index (Phi) is 4.30. The van der Waals surface area contributed by atoms with Crippen LogP contribution >= 0.6 is 0 Å². The molecule has 0 bridgehead atoms. The van der Waals surface area contributed by atoms with Crippen molar-refractivity contribution in [1.29, 1.82) is 0 Å². The van der Waals surface area contributed by atoms with E-state index in [0.29, 0.717) is 0 Å². The first-order valence-electron chi connectivity index (χ1n) is 6.71. The highest BCUT2D eigenvalue weighted by atomic mass is 16.3. The van der Waals surface area contributed by atoms with Crippen molar-refractivity contribution in [2.75, 3.05) is 38.0 Å². The molecular weight excluding hydrogens is 248 g/mol. The summed E-state index contributed by atoms with van der Waals surface area (Å²) >= 11 is 0. The van der Waals surface area contributed by atoms with Crippen molar-refractivity contribution in [3.63, 3.8) is 0 Å². The van der Waals surface area contributed by atoms with Crippen molar-refractivity contribution in [3.05, 3.63) is 59.7 Å². The summed E-state index contributed by atoms with van der Waals surface area (Å²) in [5.74, 6) is 0. The molecular formula is C17H22N2O. The molecule has 0 radical (unpaired) electrons. The topological polar surface area (TPSA) is 26.7 Å². The summed E-state index contributed by atoms with van der Waals surface area (Å²) in [6, 6.07) is 16.0. The summed E-state index contributed by atoms with van der Waals surface area (Å²) in [5.41, 5.74) is 4.04. The molecule has 106 valence electrons. The summed E-state index contributed by atoms with van der Waals surface area (Å²) in [6.45, 7) is 0. The summed E-state index contributed by atoms with van der Waals surface area (Å²) in [5, 5.41) is 10.5. The van der Waals surface area contributed by atoms with E-state index in [4.69, 9.17) is 0 Å². The van der Waals surface area contributed by atoms with Crippen molar-refractivity contribution < 1.29 is 5.11 Å². The third-order valence-electron chi connectivity index (χ3n) is 3.43.